The van der Waals surface area contributed by atoms with Crippen molar-refractivity contribution in [3.05, 3.63) is 53.5 Å². The molecule has 92 valence electrons. The third-order valence-corrected chi connectivity index (χ3v) is 2.67. The van der Waals surface area contributed by atoms with E-state index in [1.807, 2.05) is 13.0 Å². The lowest BCUT2D eigenvalue weighted by atomic mass is 10.1. The Labute approximate surface area is 105 Å². The molecule has 0 spiro atoms. The highest BCUT2D eigenvalue weighted by molar-refractivity contribution is 5.97. The van der Waals surface area contributed by atoms with E-state index < -0.39 is 5.91 Å². The van der Waals surface area contributed by atoms with Gasteiger partial charge in [0.2, 0.25) is 0 Å². The topological polar surface area (TPSA) is 80.9 Å². The Kier molecular flexibility index (Phi) is 3.52. The summed E-state index contributed by atoms with van der Waals surface area (Å²) in [5, 5.41) is 3.10. The van der Waals surface area contributed by atoms with Crippen LogP contribution in [0.15, 0.2) is 36.8 Å². The normalized spacial score (nSPS) is 10.1. The van der Waals surface area contributed by atoms with Gasteiger partial charge < -0.3 is 11.1 Å². The molecule has 2 heterocycles. The lowest BCUT2D eigenvalue weighted by molar-refractivity contribution is 0.100. The highest BCUT2D eigenvalue weighted by Gasteiger charge is 2.08. The number of nitrogens with one attached hydrogen (secondary N) is 1. The summed E-state index contributed by atoms with van der Waals surface area (Å²) in [7, 11) is 0. The molecule has 2 aromatic rings. The molecule has 0 saturated carbocycles. The molecule has 18 heavy (non-hydrogen) atoms. The molecule has 0 aliphatic rings. The second-order valence-electron chi connectivity index (χ2n) is 3.92. The van der Waals surface area contributed by atoms with Crippen molar-refractivity contribution in [2.75, 3.05) is 5.32 Å². The van der Waals surface area contributed by atoms with Crippen LogP contribution in [0.2, 0.25) is 0 Å². The molecule has 0 bridgehead atoms. The van der Waals surface area contributed by atoms with Crippen molar-refractivity contribution in [1.29, 1.82) is 0 Å². The van der Waals surface area contributed by atoms with Crippen LogP contribution in [0.1, 0.15) is 21.5 Å². The number of anilines is 1. The lowest BCUT2D eigenvalue weighted by Gasteiger charge is -2.09. The first-order chi connectivity index (χ1) is 8.68. The number of pyridine rings is 2. The molecule has 0 unspecified atom stereocenters. The van der Waals surface area contributed by atoms with Gasteiger partial charge in [-0.3, -0.25) is 9.78 Å². The van der Waals surface area contributed by atoms with E-state index in [0.29, 0.717) is 17.9 Å². The summed E-state index contributed by atoms with van der Waals surface area (Å²) < 4.78 is 0. The molecule has 2 rings (SSSR count). The molecule has 5 heteroatoms. The maximum Gasteiger partial charge on any atom is 0.252 e. The Balaban J connectivity index is 2.16. The molecule has 0 aliphatic heterocycles. The first-order valence-corrected chi connectivity index (χ1v) is 5.56. The van der Waals surface area contributed by atoms with E-state index in [-0.39, 0.29) is 0 Å². The smallest absolute Gasteiger partial charge is 0.252 e. The van der Waals surface area contributed by atoms with E-state index in [4.69, 9.17) is 5.73 Å². The van der Waals surface area contributed by atoms with Gasteiger partial charge in [-0.25, -0.2) is 4.98 Å². The van der Waals surface area contributed by atoms with Crippen LogP contribution in [0, 0.1) is 6.92 Å². The van der Waals surface area contributed by atoms with Crippen molar-refractivity contribution < 1.29 is 4.79 Å². The zero-order valence-electron chi connectivity index (χ0n) is 10.1. The molecule has 0 atom stereocenters. The Morgan fingerprint density at radius 2 is 2.22 bits per heavy atom. The third kappa shape index (κ3) is 2.63. The minimum Gasteiger partial charge on any atom is -0.365 e. The molecule has 0 fully saturated rings. The summed E-state index contributed by atoms with van der Waals surface area (Å²) in [6, 6.07) is 5.26. The molecule has 0 aromatic carbocycles. The number of hydrogen-bond acceptors (Lipinski definition) is 4. The highest BCUT2D eigenvalue weighted by Crippen LogP contribution is 2.13. The molecule has 1 amide bonds. The lowest BCUT2D eigenvalue weighted by Crippen LogP contribution is -2.15. The van der Waals surface area contributed by atoms with Gasteiger partial charge in [0.1, 0.15) is 5.82 Å². The van der Waals surface area contributed by atoms with Gasteiger partial charge in [0.25, 0.3) is 5.91 Å². The van der Waals surface area contributed by atoms with E-state index >= 15 is 0 Å². The fourth-order valence-electron chi connectivity index (χ4n) is 1.61. The van der Waals surface area contributed by atoms with E-state index in [1.165, 1.54) is 0 Å². The minimum absolute atomic E-state index is 0.388. The SMILES string of the molecule is Cc1ccncc1CNc1ncccc1C(N)=O. The van der Waals surface area contributed by atoms with Crippen LogP contribution in [-0.4, -0.2) is 15.9 Å². The molecule has 5 nitrogen and oxygen atoms in total. The number of hydrogen-bond donors (Lipinski definition) is 2. The summed E-state index contributed by atoms with van der Waals surface area (Å²) in [6.45, 7) is 2.56. The second-order valence-corrected chi connectivity index (χ2v) is 3.92. The monoisotopic (exact) mass is 242 g/mol. The molecule has 3 N–H and O–H groups in total. The van der Waals surface area contributed by atoms with Crippen molar-refractivity contribution >= 4 is 11.7 Å². The third-order valence-electron chi connectivity index (χ3n) is 2.67. The average molecular weight is 242 g/mol. The first-order valence-electron chi connectivity index (χ1n) is 5.56. The van der Waals surface area contributed by atoms with Crippen LogP contribution in [0.4, 0.5) is 5.82 Å². The van der Waals surface area contributed by atoms with Crippen LogP contribution >= 0.6 is 0 Å². The van der Waals surface area contributed by atoms with Crippen molar-refractivity contribution in [3.63, 3.8) is 0 Å². The van der Waals surface area contributed by atoms with Crippen LogP contribution in [-0.2, 0) is 6.54 Å². The van der Waals surface area contributed by atoms with Gasteiger partial charge >= 0.3 is 0 Å². The van der Waals surface area contributed by atoms with Crippen molar-refractivity contribution in [1.82, 2.24) is 9.97 Å². The number of nitrogens with two attached hydrogens (primary N) is 1. The van der Waals surface area contributed by atoms with Crippen LogP contribution in [0.3, 0.4) is 0 Å². The van der Waals surface area contributed by atoms with E-state index in [2.05, 4.69) is 15.3 Å². The molecular formula is C13H14N4O. The summed E-state index contributed by atoms with van der Waals surface area (Å²) in [5.74, 6) is 0.00163. The zero-order valence-corrected chi connectivity index (χ0v) is 10.1. The predicted octanol–water partition coefficient (Wildman–Crippen LogP) is 1.50. The number of amides is 1. The van der Waals surface area contributed by atoms with E-state index in [1.54, 1.807) is 30.7 Å². The fraction of sp³-hybridized carbons (Fsp3) is 0.154. The standard InChI is InChI=1S/C13H14N4O/c1-9-4-6-15-7-10(9)8-17-13-11(12(14)18)3-2-5-16-13/h2-7H,8H2,1H3,(H2,14,18)(H,16,17). The number of nitrogens with zero attached hydrogens (tertiary/aromatic N) is 2. The van der Waals surface area contributed by atoms with Gasteiger partial charge in [0, 0.05) is 25.1 Å². The molecule has 2 aromatic heterocycles. The van der Waals surface area contributed by atoms with E-state index in [9.17, 15) is 4.79 Å². The van der Waals surface area contributed by atoms with Crippen LogP contribution in [0.25, 0.3) is 0 Å². The molecular weight excluding hydrogens is 228 g/mol. The van der Waals surface area contributed by atoms with Gasteiger partial charge in [0.15, 0.2) is 0 Å². The van der Waals surface area contributed by atoms with Gasteiger partial charge in [-0.1, -0.05) is 0 Å². The van der Waals surface area contributed by atoms with Gasteiger partial charge in [-0.15, -0.1) is 0 Å². The molecule has 0 saturated heterocycles. The highest BCUT2D eigenvalue weighted by atomic mass is 16.1. The number of aryl methyl sites for hydroxylation is 1. The number of carbonyl (C=O) groups excluding carboxylic acids is 1. The van der Waals surface area contributed by atoms with Gasteiger partial charge in [-0.2, -0.15) is 0 Å². The van der Waals surface area contributed by atoms with Crippen molar-refractivity contribution in [2.45, 2.75) is 13.5 Å². The number of rotatable bonds is 4. The first kappa shape index (κ1) is 12.0. The predicted molar refractivity (Wildman–Crippen MR) is 69.1 cm³/mol. The maximum atomic E-state index is 11.2. The summed E-state index contributed by atoms with van der Waals surface area (Å²) >= 11 is 0. The Morgan fingerprint density at radius 3 is 2.94 bits per heavy atom. The molecule has 0 aliphatic carbocycles. The Morgan fingerprint density at radius 1 is 1.39 bits per heavy atom. The number of primary amides is 1. The van der Waals surface area contributed by atoms with E-state index in [0.717, 1.165) is 11.1 Å². The van der Waals surface area contributed by atoms with Crippen molar-refractivity contribution in [2.24, 2.45) is 5.73 Å². The summed E-state index contributed by atoms with van der Waals surface area (Å²) in [5.41, 5.74) is 7.86. The van der Waals surface area contributed by atoms with Crippen molar-refractivity contribution in [3.8, 4) is 0 Å². The number of aromatic nitrogens is 2. The van der Waals surface area contributed by atoms with Gasteiger partial charge in [-0.05, 0) is 36.2 Å². The average Bonchev–Trinajstić information content (AvgIpc) is 2.38. The van der Waals surface area contributed by atoms with Crippen LogP contribution in [0.5, 0.6) is 0 Å². The number of carbonyl (C=O) groups is 1. The zero-order chi connectivity index (χ0) is 13.0. The Hall–Kier alpha value is -2.43. The van der Waals surface area contributed by atoms with Gasteiger partial charge in [0.05, 0.1) is 5.56 Å². The second kappa shape index (κ2) is 5.27. The summed E-state index contributed by atoms with van der Waals surface area (Å²) in [4.78, 5) is 19.4. The molecule has 0 radical (unpaired) electrons. The minimum atomic E-state index is -0.492. The maximum absolute atomic E-state index is 11.2. The fourth-order valence-corrected chi connectivity index (χ4v) is 1.61. The largest absolute Gasteiger partial charge is 0.365 e. The quantitative estimate of drug-likeness (QED) is 0.851. The summed E-state index contributed by atoms with van der Waals surface area (Å²) in [6.07, 6.45) is 5.15. The Bertz CT molecular complexity index is 568. The van der Waals surface area contributed by atoms with Crippen LogP contribution < -0.4 is 11.1 Å².